The highest BCUT2D eigenvalue weighted by molar-refractivity contribution is 6.33. The lowest BCUT2D eigenvalue weighted by molar-refractivity contribution is 0.0599. The van der Waals surface area contributed by atoms with Crippen molar-refractivity contribution in [3.05, 3.63) is 112 Å². The number of para-hydroxylation sites is 1. The second kappa shape index (κ2) is 13.1. The van der Waals surface area contributed by atoms with E-state index in [2.05, 4.69) is 48.3 Å². The normalized spacial score (nSPS) is 13.5. The van der Waals surface area contributed by atoms with Gasteiger partial charge in [0.05, 0.1) is 23.4 Å². The van der Waals surface area contributed by atoms with Gasteiger partial charge in [-0.3, -0.25) is 0 Å². The summed E-state index contributed by atoms with van der Waals surface area (Å²) in [6.45, 7) is 6.47. The molecule has 0 bridgehead atoms. The zero-order chi connectivity index (χ0) is 28.8. The third kappa shape index (κ3) is 6.20. The number of hydrogen-bond donors (Lipinski definition) is 1. The average molecular weight is 569 g/mol. The molecule has 0 fully saturated rings. The molecule has 4 aromatic carbocycles. The predicted octanol–water partition coefficient (Wildman–Crippen LogP) is 9.56. The Morgan fingerprint density at radius 1 is 0.854 bits per heavy atom. The summed E-state index contributed by atoms with van der Waals surface area (Å²) in [5.41, 5.74) is 6.26. The molecule has 0 aliphatic carbocycles. The molecule has 0 saturated carbocycles. The highest BCUT2D eigenvalue weighted by Crippen LogP contribution is 2.50. The number of carbonyl (C=O) groups excluding carboxylic acids is 1. The lowest BCUT2D eigenvalue weighted by atomic mass is 9.80. The highest BCUT2D eigenvalue weighted by atomic mass is 35.5. The molecule has 1 N–H and O–H groups in total. The minimum atomic E-state index is -0.359. The summed E-state index contributed by atoms with van der Waals surface area (Å²) in [6, 6.07) is 27.9. The molecule has 212 valence electrons. The van der Waals surface area contributed by atoms with Crippen LogP contribution in [0, 0.1) is 0 Å². The van der Waals surface area contributed by atoms with Gasteiger partial charge in [-0.15, -0.1) is 0 Å². The number of nitrogens with one attached hydrogen (secondary N) is 1. The molecule has 1 atom stereocenters. The summed E-state index contributed by atoms with van der Waals surface area (Å²) in [7, 11) is 1.42. The van der Waals surface area contributed by atoms with Crippen LogP contribution >= 0.6 is 11.6 Å². The van der Waals surface area contributed by atoms with E-state index in [1.165, 1.54) is 7.11 Å². The van der Waals surface area contributed by atoms with Crippen LogP contribution in [0.4, 0.5) is 17.1 Å². The van der Waals surface area contributed by atoms with Crippen molar-refractivity contribution < 1.29 is 14.3 Å². The summed E-state index contributed by atoms with van der Waals surface area (Å²) >= 11 is 6.44. The first kappa shape index (κ1) is 28.6. The highest BCUT2D eigenvalue weighted by Gasteiger charge is 2.32. The number of anilines is 3. The van der Waals surface area contributed by atoms with Gasteiger partial charge >= 0.3 is 5.97 Å². The number of halogens is 1. The molecule has 5 rings (SSSR count). The number of methoxy groups -OCH3 is 1. The van der Waals surface area contributed by atoms with Crippen LogP contribution in [0.15, 0.2) is 84.9 Å². The van der Waals surface area contributed by atoms with Gasteiger partial charge in [0.1, 0.15) is 11.5 Å². The Kier molecular flexibility index (Phi) is 9.15. The molecule has 4 aromatic rings. The maximum Gasteiger partial charge on any atom is 0.338 e. The Labute approximate surface area is 248 Å². The number of benzene rings is 4. The molecule has 1 aliphatic heterocycles. The Morgan fingerprint density at radius 3 is 2.32 bits per heavy atom. The topological polar surface area (TPSA) is 50.8 Å². The molecule has 0 amide bonds. The Morgan fingerprint density at radius 2 is 1.59 bits per heavy atom. The quantitative estimate of drug-likeness (QED) is 0.161. The third-order valence-electron chi connectivity index (χ3n) is 7.61. The van der Waals surface area contributed by atoms with E-state index >= 15 is 0 Å². The molecule has 0 saturated heterocycles. The van der Waals surface area contributed by atoms with E-state index in [1.807, 2.05) is 60.7 Å². The Bertz CT molecular complexity index is 1510. The van der Waals surface area contributed by atoms with Crippen LogP contribution in [-0.4, -0.2) is 26.2 Å². The summed E-state index contributed by atoms with van der Waals surface area (Å²) in [5, 5.41) is 4.09. The zero-order valence-corrected chi connectivity index (χ0v) is 24.7. The lowest BCUT2D eigenvalue weighted by Gasteiger charge is -2.32. The van der Waals surface area contributed by atoms with E-state index in [0.717, 1.165) is 84.0 Å². The summed E-state index contributed by atoms with van der Waals surface area (Å²) in [6.07, 6.45) is 4.57. The van der Waals surface area contributed by atoms with Crippen molar-refractivity contribution >= 4 is 34.6 Å². The van der Waals surface area contributed by atoms with Gasteiger partial charge in [-0.2, -0.15) is 0 Å². The second-order valence-corrected chi connectivity index (χ2v) is 10.8. The fourth-order valence-corrected chi connectivity index (χ4v) is 5.63. The fraction of sp³-hybridized carbons (Fsp3) is 0.286. The Hall–Kier alpha value is -3.96. The molecule has 1 heterocycles. The van der Waals surface area contributed by atoms with Crippen molar-refractivity contribution in [2.45, 2.75) is 45.4 Å². The van der Waals surface area contributed by atoms with Gasteiger partial charge in [-0.05, 0) is 60.9 Å². The van der Waals surface area contributed by atoms with Crippen LogP contribution in [0.25, 0.3) is 0 Å². The smallest absolute Gasteiger partial charge is 0.338 e. The SMILES string of the molecule is CCCCN(CCCC)c1ccc2c(c1)Oc1ccc(Nc3ccccc3Cl)cc1C2c1ccccc1C(=O)OC. The largest absolute Gasteiger partial charge is 0.465 e. The molecule has 6 heteroatoms. The minimum absolute atomic E-state index is 0.231. The minimum Gasteiger partial charge on any atom is -0.465 e. The van der Waals surface area contributed by atoms with Crippen LogP contribution < -0.4 is 15.0 Å². The van der Waals surface area contributed by atoms with E-state index in [-0.39, 0.29) is 11.9 Å². The molecular weight excluding hydrogens is 532 g/mol. The average Bonchev–Trinajstić information content (AvgIpc) is 3.00. The third-order valence-corrected chi connectivity index (χ3v) is 7.94. The van der Waals surface area contributed by atoms with Gasteiger partial charge < -0.3 is 19.7 Å². The molecule has 0 radical (unpaired) electrons. The first-order chi connectivity index (χ1) is 20.0. The van der Waals surface area contributed by atoms with Gasteiger partial charge in [0.15, 0.2) is 0 Å². The van der Waals surface area contributed by atoms with Crippen molar-refractivity contribution in [1.29, 1.82) is 0 Å². The van der Waals surface area contributed by atoms with Crippen LogP contribution in [0.5, 0.6) is 11.5 Å². The van der Waals surface area contributed by atoms with Crippen molar-refractivity contribution in [3.8, 4) is 11.5 Å². The number of esters is 1. The van der Waals surface area contributed by atoms with Gasteiger partial charge in [-0.1, -0.05) is 74.7 Å². The molecule has 0 aromatic heterocycles. The van der Waals surface area contributed by atoms with E-state index < -0.39 is 0 Å². The van der Waals surface area contributed by atoms with Crippen molar-refractivity contribution in [2.24, 2.45) is 0 Å². The molecule has 5 nitrogen and oxygen atoms in total. The van der Waals surface area contributed by atoms with Gasteiger partial charge in [-0.25, -0.2) is 4.79 Å². The van der Waals surface area contributed by atoms with Crippen LogP contribution in [0.1, 0.15) is 72.5 Å². The first-order valence-electron chi connectivity index (χ1n) is 14.4. The van der Waals surface area contributed by atoms with E-state index in [1.54, 1.807) is 0 Å². The van der Waals surface area contributed by atoms with Gasteiger partial charge in [0.25, 0.3) is 0 Å². The van der Waals surface area contributed by atoms with Crippen molar-refractivity contribution in [3.63, 3.8) is 0 Å². The summed E-state index contributed by atoms with van der Waals surface area (Å²) in [4.78, 5) is 15.4. The molecule has 1 unspecified atom stereocenters. The molecule has 41 heavy (non-hydrogen) atoms. The van der Waals surface area contributed by atoms with E-state index in [0.29, 0.717) is 10.6 Å². The molecule has 0 spiro atoms. The predicted molar refractivity (Wildman–Crippen MR) is 168 cm³/mol. The number of nitrogens with zero attached hydrogens (tertiary/aromatic N) is 1. The van der Waals surface area contributed by atoms with Crippen LogP contribution in [0.2, 0.25) is 5.02 Å². The number of fused-ring (bicyclic) bond motifs is 2. The van der Waals surface area contributed by atoms with E-state index in [4.69, 9.17) is 21.1 Å². The van der Waals surface area contributed by atoms with Crippen LogP contribution in [-0.2, 0) is 4.74 Å². The number of ether oxygens (including phenoxy) is 2. The van der Waals surface area contributed by atoms with Crippen molar-refractivity contribution in [2.75, 3.05) is 30.4 Å². The standard InChI is InChI=1S/C35H37ClN2O3/c1-4-6-20-38(21-7-5-2)25-17-18-28-33(23-25)41-32-19-16-24(37-31-15-11-10-14-30(31)36)22-29(32)34(28)26-12-8-9-13-27(26)35(39)40-3/h8-19,22-23,34,37H,4-7,20-21H2,1-3H3. The van der Waals surface area contributed by atoms with Crippen molar-refractivity contribution in [1.82, 2.24) is 0 Å². The van der Waals surface area contributed by atoms with Gasteiger partial charge in [0, 0.05) is 47.6 Å². The van der Waals surface area contributed by atoms with Crippen LogP contribution in [0.3, 0.4) is 0 Å². The molecular formula is C35H37ClN2O3. The number of carbonyl (C=O) groups is 1. The summed E-state index contributed by atoms with van der Waals surface area (Å²) < 4.78 is 11.8. The monoisotopic (exact) mass is 568 g/mol. The lowest BCUT2D eigenvalue weighted by Crippen LogP contribution is -2.26. The zero-order valence-electron chi connectivity index (χ0n) is 24.0. The number of hydrogen-bond acceptors (Lipinski definition) is 5. The maximum absolute atomic E-state index is 12.9. The van der Waals surface area contributed by atoms with Gasteiger partial charge in [0.2, 0.25) is 0 Å². The maximum atomic E-state index is 12.9. The Balaban J connectivity index is 1.62. The number of unbranched alkanes of at least 4 members (excludes halogenated alkanes) is 2. The fourth-order valence-electron chi connectivity index (χ4n) is 5.44. The summed E-state index contributed by atoms with van der Waals surface area (Å²) in [5.74, 6) is 0.982. The first-order valence-corrected chi connectivity index (χ1v) is 14.8. The molecule has 1 aliphatic rings. The number of rotatable bonds is 11. The second-order valence-electron chi connectivity index (χ2n) is 10.4. The van der Waals surface area contributed by atoms with E-state index in [9.17, 15) is 4.79 Å².